The number of benzene rings is 2. The molecule has 1 N–H and O–H groups in total. The van der Waals surface area contributed by atoms with Crippen LogP contribution in [0.15, 0.2) is 53.9 Å². The number of nitrogens with zero attached hydrogens (tertiary/aromatic N) is 1. The van der Waals surface area contributed by atoms with Crippen molar-refractivity contribution in [2.75, 3.05) is 13.1 Å². The molecule has 0 fully saturated rings. The van der Waals surface area contributed by atoms with Crippen molar-refractivity contribution in [1.29, 1.82) is 0 Å². The molecule has 8 heteroatoms. The Bertz CT molecular complexity index is 898. The third kappa shape index (κ3) is 6.78. The molecule has 0 aliphatic carbocycles. The van der Waals surface area contributed by atoms with E-state index in [0.717, 1.165) is 15.3 Å². The van der Waals surface area contributed by atoms with Crippen LogP contribution in [-0.4, -0.2) is 31.7 Å². The van der Waals surface area contributed by atoms with Gasteiger partial charge in [-0.05, 0) is 41.5 Å². The van der Waals surface area contributed by atoms with Crippen LogP contribution in [-0.2, 0) is 21.4 Å². The van der Waals surface area contributed by atoms with Gasteiger partial charge in [0, 0.05) is 23.5 Å². The first-order valence-corrected chi connectivity index (χ1v) is 10.1. The van der Waals surface area contributed by atoms with E-state index in [9.17, 15) is 17.6 Å². The second-order valence-electron chi connectivity index (χ2n) is 5.73. The molecule has 0 saturated heterocycles. The highest BCUT2D eigenvalue weighted by Gasteiger charge is 2.20. The molecule has 144 valence electrons. The first-order chi connectivity index (χ1) is 12.8. The molecule has 1 amide bonds. The molecule has 0 saturated carbocycles. The van der Waals surface area contributed by atoms with E-state index in [-0.39, 0.29) is 25.5 Å². The summed E-state index contributed by atoms with van der Waals surface area (Å²) in [6.45, 7) is 1.69. The van der Waals surface area contributed by atoms with Crippen LogP contribution < -0.4 is 5.32 Å². The molecule has 0 radical (unpaired) electrons. The minimum absolute atomic E-state index is 0.150. The Balaban J connectivity index is 1.96. The van der Waals surface area contributed by atoms with Crippen LogP contribution in [0.2, 0.25) is 5.02 Å². The molecule has 0 spiro atoms. The lowest BCUT2D eigenvalue weighted by molar-refractivity contribution is -0.121. The van der Waals surface area contributed by atoms with Crippen molar-refractivity contribution < 1.29 is 17.6 Å². The highest BCUT2D eigenvalue weighted by Crippen LogP contribution is 2.12. The molecule has 0 bridgehead atoms. The van der Waals surface area contributed by atoms with Gasteiger partial charge in [-0.25, -0.2) is 12.8 Å². The molecular formula is C19H20ClFN2O3S. The quantitative estimate of drug-likeness (QED) is 0.725. The molecule has 0 aromatic heterocycles. The summed E-state index contributed by atoms with van der Waals surface area (Å²) < 4.78 is 38.8. The zero-order valence-electron chi connectivity index (χ0n) is 14.7. The molecule has 2 aromatic rings. The van der Waals surface area contributed by atoms with Gasteiger partial charge >= 0.3 is 0 Å². The maximum Gasteiger partial charge on any atom is 0.236 e. The fourth-order valence-electron chi connectivity index (χ4n) is 2.23. The van der Waals surface area contributed by atoms with E-state index in [4.69, 9.17) is 11.6 Å². The van der Waals surface area contributed by atoms with Gasteiger partial charge < -0.3 is 5.32 Å². The summed E-state index contributed by atoms with van der Waals surface area (Å²) >= 11 is 5.80. The molecular weight excluding hydrogens is 391 g/mol. The van der Waals surface area contributed by atoms with Gasteiger partial charge in [0.1, 0.15) is 5.82 Å². The summed E-state index contributed by atoms with van der Waals surface area (Å²) in [6.07, 6.45) is 1.45. The molecule has 0 aliphatic heterocycles. The average Bonchev–Trinajstić information content (AvgIpc) is 2.65. The zero-order valence-corrected chi connectivity index (χ0v) is 16.3. The minimum Gasteiger partial charge on any atom is -0.351 e. The fraction of sp³-hybridized carbons (Fsp3) is 0.211. The van der Waals surface area contributed by atoms with Gasteiger partial charge in [-0.15, -0.1) is 0 Å². The number of nitrogens with one attached hydrogen (secondary N) is 1. The van der Waals surface area contributed by atoms with E-state index in [1.165, 1.54) is 18.2 Å². The monoisotopic (exact) mass is 410 g/mol. The SMILES string of the molecule is CCN(CC(=O)NCc1ccc(F)cc1)S(=O)(=O)/C=C/c1ccc(Cl)cc1. The molecule has 0 aliphatic rings. The third-order valence-electron chi connectivity index (χ3n) is 3.74. The van der Waals surface area contributed by atoms with Crippen LogP contribution in [0.1, 0.15) is 18.1 Å². The number of hydrogen-bond donors (Lipinski definition) is 1. The van der Waals surface area contributed by atoms with Gasteiger partial charge in [0.25, 0.3) is 0 Å². The van der Waals surface area contributed by atoms with Gasteiger partial charge in [-0.1, -0.05) is 42.8 Å². The summed E-state index contributed by atoms with van der Waals surface area (Å²) in [6, 6.07) is 12.4. The Morgan fingerprint density at radius 3 is 2.37 bits per heavy atom. The third-order valence-corrected chi connectivity index (χ3v) is 5.58. The Morgan fingerprint density at radius 1 is 1.15 bits per heavy atom. The number of halogens is 2. The van der Waals surface area contributed by atoms with Crippen molar-refractivity contribution in [2.45, 2.75) is 13.5 Å². The van der Waals surface area contributed by atoms with Crippen molar-refractivity contribution in [2.24, 2.45) is 0 Å². The Hall–Kier alpha value is -2.22. The van der Waals surface area contributed by atoms with Crippen LogP contribution in [0.3, 0.4) is 0 Å². The largest absolute Gasteiger partial charge is 0.351 e. The smallest absolute Gasteiger partial charge is 0.236 e. The minimum atomic E-state index is -3.76. The molecule has 5 nitrogen and oxygen atoms in total. The predicted molar refractivity (Wildman–Crippen MR) is 105 cm³/mol. The number of carbonyl (C=O) groups excluding carboxylic acids is 1. The van der Waals surface area contributed by atoms with E-state index in [1.807, 2.05) is 0 Å². The maximum atomic E-state index is 12.9. The average molecular weight is 411 g/mol. The Morgan fingerprint density at radius 2 is 1.78 bits per heavy atom. The fourth-order valence-corrected chi connectivity index (χ4v) is 3.51. The van der Waals surface area contributed by atoms with E-state index in [1.54, 1.807) is 43.3 Å². The lowest BCUT2D eigenvalue weighted by Gasteiger charge is -2.17. The van der Waals surface area contributed by atoms with Crippen molar-refractivity contribution in [3.05, 3.63) is 75.9 Å². The number of sulfonamides is 1. The van der Waals surface area contributed by atoms with Crippen LogP contribution in [0.5, 0.6) is 0 Å². The Kier molecular flexibility index (Phi) is 7.53. The van der Waals surface area contributed by atoms with E-state index in [2.05, 4.69) is 5.32 Å². The number of rotatable bonds is 8. The standard InChI is InChI=1S/C19H20ClFN2O3S/c1-2-23(14-19(24)22-13-16-5-9-18(21)10-6-16)27(25,26)12-11-15-3-7-17(20)8-4-15/h3-12H,2,13-14H2,1H3,(H,22,24)/b12-11+. The van der Waals surface area contributed by atoms with Gasteiger partial charge in [0.15, 0.2) is 0 Å². The first kappa shape index (κ1) is 21.1. The highest BCUT2D eigenvalue weighted by atomic mass is 35.5. The van der Waals surface area contributed by atoms with Crippen LogP contribution >= 0.6 is 11.6 Å². The summed E-state index contributed by atoms with van der Waals surface area (Å²) in [5.74, 6) is -0.801. The van der Waals surface area contributed by atoms with Gasteiger partial charge in [-0.2, -0.15) is 4.31 Å². The lowest BCUT2D eigenvalue weighted by atomic mass is 10.2. The second kappa shape index (κ2) is 9.64. The molecule has 0 unspecified atom stereocenters. The van der Waals surface area contributed by atoms with E-state index >= 15 is 0 Å². The summed E-state index contributed by atoms with van der Waals surface area (Å²) in [7, 11) is -3.76. The van der Waals surface area contributed by atoms with Crippen molar-refractivity contribution in [3.8, 4) is 0 Å². The molecule has 2 rings (SSSR count). The number of hydrogen-bond acceptors (Lipinski definition) is 3. The van der Waals surface area contributed by atoms with Crippen molar-refractivity contribution >= 4 is 33.6 Å². The van der Waals surface area contributed by atoms with E-state index < -0.39 is 15.9 Å². The molecule has 0 heterocycles. The highest BCUT2D eigenvalue weighted by molar-refractivity contribution is 7.92. The van der Waals surface area contributed by atoms with Crippen LogP contribution in [0, 0.1) is 5.82 Å². The Labute approximate surface area is 163 Å². The van der Waals surface area contributed by atoms with Gasteiger partial charge in [0.05, 0.1) is 6.54 Å². The zero-order chi connectivity index (χ0) is 19.9. The van der Waals surface area contributed by atoms with Gasteiger partial charge in [0.2, 0.25) is 15.9 Å². The molecule has 27 heavy (non-hydrogen) atoms. The van der Waals surface area contributed by atoms with Crippen LogP contribution in [0.4, 0.5) is 4.39 Å². The number of carbonyl (C=O) groups is 1. The topological polar surface area (TPSA) is 66.5 Å². The maximum absolute atomic E-state index is 12.9. The second-order valence-corrected chi connectivity index (χ2v) is 7.98. The first-order valence-electron chi connectivity index (χ1n) is 8.25. The predicted octanol–water partition coefficient (Wildman–Crippen LogP) is 3.42. The van der Waals surface area contributed by atoms with Crippen molar-refractivity contribution in [3.63, 3.8) is 0 Å². The molecule has 2 aromatic carbocycles. The lowest BCUT2D eigenvalue weighted by Crippen LogP contribution is -2.39. The summed E-state index contributed by atoms with van der Waals surface area (Å²) in [4.78, 5) is 12.1. The summed E-state index contributed by atoms with van der Waals surface area (Å²) in [5, 5.41) is 4.25. The summed E-state index contributed by atoms with van der Waals surface area (Å²) in [5.41, 5.74) is 1.40. The number of likely N-dealkylation sites (N-methyl/N-ethyl adjacent to an activating group) is 1. The number of amides is 1. The normalized spacial score (nSPS) is 11.9. The molecule has 0 atom stereocenters. The van der Waals surface area contributed by atoms with Crippen LogP contribution in [0.25, 0.3) is 6.08 Å². The van der Waals surface area contributed by atoms with Gasteiger partial charge in [-0.3, -0.25) is 4.79 Å². The van der Waals surface area contributed by atoms with E-state index in [0.29, 0.717) is 10.6 Å². The van der Waals surface area contributed by atoms with Crippen molar-refractivity contribution in [1.82, 2.24) is 9.62 Å².